The normalized spacial score (nSPS) is 23.7. The Morgan fingerprint density at radius 1 is 1.17 bits per heavy atom. The fourth-order valence-electron chi connectivity index (χ4n) is 2.87. The van der Waals surface area contributed by atoms with Crippen LogP contribution in [0.3, 0.4) is 0 Å². The van der Waals surface area contributed by atoms with Gasteiger partial charge in [0.1, 0.15) is 11.0 Å². The van der Waals surface area contributed by atoms with Crippen molar-refractivity contribution >= 4 is 11.6 Å². The zero-order valence-electron chi connectivity index (χ0n) is 10.6. The van der Waals surface area contributed by atoms with Crippen LogP contribution < -0.4 is 0 Å². The molecule has 1 aromatic heterocycles. The van der Waals surface area contributed by atoms with Gasteiger partial charge in [-0.2, -0.15) is 0 Å². The molecule has 2 heterocycles. The molecule has 0 spiro atoms. The SMILES string of the molecule is Clc1nc(CC2CCOC2)nc2c1CCCCC2. The van der Waals surface area contributed by atoms with Crippen molar-refractivity contribution in [3.63, 3.8) is 0 Å². The predicted molar refractivity (Wildman–Crippen MR) is 70.9 cm³/mol. The minimum Gasteiger partial charge on any atom is -0.381 e. The van der Waals surface area contributed by atoms with Crippen LogP contribution in [-0.4, -0.2) is 23.2 Å². The van der Waals surface area contributed by atoms with E-state index < -0.39 is 0 Å². The summed E-state index contributed by atoms with van der Waals surface area (Å²) >= 11 is 6.32. The first-order valence-electron chi connectivity index (χ1n) is 6.95. The van der Waals surface area contributed by atoms with Crippen LogP contribution in [0.4, 0.5) is 0 Å². The number of nitrogens with zero attached hydrogens (tertiary/aromatic N) is 2. The van der Waals surface area contributed by atoms with Crippen LogP contribution in [0.5, 0.6) is 0 Å². The lowest BCUT2D eigenvalue weighted by Crippen LogP contribution is -2.10. The number of aromatic nitrogens is 2. The summed E-state index contributed by atoms with van der Waals surface area (Å²) in [5, 5.41) is 0.691. The second-order valence-corrected chi connectivity index (χ2v) is 5.71. The molecule has 18 heavy (non-hydrogen) atoms. The molecule has 1 unspecified atom stereocenters. The zero-order valence-corrected chi connectivity index (χ0v) is 11.4. The van der Waals surface area contributed by atoms with E-state index in [0.29, 0.717) is 11.1 Å². The molecule has 2 aliphatic rings. The van der Waals surface area contributed by atoms with Crippen molar-refractivity contribution < 1.29 is 4.74 Å². The number of hydrogen-bond acceptors (Lipinski definition) is 3. The van der Waals surface area contributed by atoms with Crippen LogP contribution in [0, 0.1) is 5.92 Å². The topological polar surface area (TPSA) is 35.0 Å². The van der Waals surface area contributed by atoms with E-state index in [9.17, 15) is 0 Å². The van der Waals surface area contributed by atoms with Gasteiger partial charge in [0.25, 0.3) is 0 Å². The molecule has 1 aliphatic carbocycles. The standard InChI is InChI=1S/C14H19ClN2O/c15-14-11-4-2-1-3-5-12(11)16-13(17-14)8-10-6-7-18-9-10/h10H,1-9H2. The van der Waals surface area contributed by atoms with E-state index in [1.807, 2.05) is 0 Å². The van der Waals surface area contributed by atoms with Gasteiger partial charge in [0, 0.05) is 30.9 Å². The number of fused-ring (bicyclic) bond motifs is 1. The average Bonchev–Trinajstić information content (AvgIpc) is 2.73. The van der Waals surface area contributed by atoms with Crippen LogP contribution in [-0.2, 0) is 24.0 Å². The number of rotatable bonds is 2. The Hall–Kier alpha value is -0.670. The molecule has 1 aliphatic heterocycles. The van der Waals surface area contributed by atoms with Crippen LogP contribution in [0.15, 0.2) is 0 Å². The summed E-state index contributed by atoms with van der Waals surface area (Å²) in [6.07, 6.45) is 7.86. The van der Waals surface area contributed by atoms with Crippen molar-refractivity contribution in [2.75, 3.05) is 13.2 Å². The fourth-order valence-corrected chi connectivity index (χ4v) is 3.17. The molecular weight excluding hydrogens is 248 g/mol. The molecule has 0 N–H and O–H groups in total. The molecular formula is C14H19ClN2O. The second-order valence-electron chi connectivity index (χ2n) is 5.35. The second kappa shape index (κ2) is 5.54. The maximum absolute atomic E-state index is 6.32. The van der Waals surface area contributed by atoms with E-state index in [-0.39, 0.29) is 0 Å². The fraction of sp³-hybridized carbons (Fsp3) is 0.714. The summed E-state index contributed by atoms with van der Waals surface area (Å²) in [5.41, 5.74) is 2.39. The highest BCUT2D eigenvalue weighted by Gasteiger charge is 2.20. The summed E-state index contributed by atoms with van der Waals surface area (Å²) in [4.78, 5) is 9.24. The van der Waals surface area contributed by atoms with E-state index in [2.05, 4.69) is 4.98 Å². The highest BCUT2D eigenvalue weighted by atomic mass is 35.5. The van der Waals surface area contributed by atoms with Crippen LogP contribution in [0.1, 0.15) is 42.8 Å². The third-order valence-electron chi connectivity index (χ3n) is 3.92. The maximum atomic E-state index is 6.32. The minimum atomic E-state index is 0.574. The Balaban J connectivity index is 1.82. The first-order valence-corrected chi connectivity index (χ1v) is 7.32. The lowest BCUT2D eigenvalue weighted by atomic mass is 10.0. The van der Waals surface area contributed by atoms with Crippen molar-refractivity contribution in [2.24, 2.45) is 5.92 Å². The first kappa shape index (κ1) is 12.4. The van der Waals surface area contributed by atoms with E-state index in [1.54, 1.807) is 0 Å². The summed E-state index contributed by atoms with van der Waals surface area (Å²) in [6.45, 7) is 1.72. The lowest BCUT2D eigenvalue weighted by Gasteiger charge is -2.11. The number of aryl methyl sites for hydroxylation is 1. The molecule has 1 atom stereocenters. The van der Waals surface area contributed by atoms with E-state index in [0.717, 1.165) is 44.7 Å². The summed E-state index contributed by atoms with van der Waals surface area (Å²) < 4.78 is 5.40. The maximum Gasteiger partial charge on any atom is 0.136 e. The van der Waals surface area contributed by atoms with Gasteiger partial charge in [0.2, 0.25) is 0 Å². The van der Waals surface area contributed by atoms with E-state index in [4.69, 9.17) is 21.3 Å². The molecule has 98 valence electrons. The number of halogens is 1. The van der Waals surface area contributed by atoms with Crippen molar-refractivity contribution in [1.29, 1.82) is 0 Å². The summed E-state index contributed by atoms with van der Waals surface area (Å²) in [5.74, 6) is 1.49. The van der Waals surface area contributed by atoms with Gasteiger partial charge in [-0.1, -0.05) is 18.0 Å². The molecule has 1 aromatic rings. The van der Waals surface area contributed by atoms with Crippen molar-refractivity contribution in [3.8, 4) is 0 Å². The highest BCUT2D eigenvalue weighted by molar-refractivity contribution is 6.30. The molecule has 4 heteroatoms. The van der Waals surface area contributed by atoms with Gasteiger partial charge >= 0.3 is 0 Å². The predicted octanol–water partition coefficient (Wildman–Crippen LogP) is 2.98. The van der Waals surface area contributed by atoms with Gasteiger partial charge in [-0.05, 0) is 38.0 Å². The Morgan fingerprint density at radius 3 is 2.89 bits per heavy atom. The minimum absolute atomic E-state index is 0.574. The van der Waals surface area contributed by atoms with E-state index in [1.165, 1.54) is 30.5 Å². The molecule has 1 saturated heterocycles. The zero-order chi connectivity index (χ0) is 12.4. The Morgan fingerprint density at radius 2 is 2.06 bits per heavy atom. The Bertz CT molecular complexity index is 430. The first-order chi connectivity index (χ1) is 8.83. The van der Waals surface area contributed by atoms with Gasteiger partial charge in [-0.15, -0.1) is 0 Å². The lowest BCUT2D eigenvalue weighted by molar-refractivity contribution is 0.185. The smallest absolute Gasteiger partial charge is 0.136 e. The molecule has 0 aromatic carbocycles. The van der Waals surface area contributed by atoms with E-state index >= 15 is 0 Å². The monoisotopic (exact) mass is 266 g/mol. The summed E-state index contributed by atoms with van der Waals surface area (Å²) in [6, 6.07) is 0. The van der Waals surface area contributed by atoms with Gasteiger partial charge in [0.15, 0.2) is 0 Å². The van der Waals surface area contributed by atoms with Crippen molar-refractivity contribution in [2.45, 2.75) is 44.9 Å². The Labute approximate surface area is 113 Å². The highest BCUT2D eigenvalue weighted by Crippen LogP contribution is 2.26. The molecule has 3 nitrogen and oxygen atoms in total. The average molecular weight is 267 g/mol. The van der Waals surface area contributed by atoms with Crippen LogP contribution in [0.2, 0.25) is 5.15 Å². The number of ether oxygens (including phenoxy) is 1. The van der Waals surface area contributed by atoms with Gasteiger partial charge < -0.3 is 4.74 Å². The molecule has 0 bridgehead atoms. The number of hydrogen-bond donors (Lipinski definition) is 0. The van der Waals surface area contributed by atoms with Gasteiger partial charge in [0.05, 0.1) is 0 Å². The molecule has 0 amide bonds. The van der Waals surface area contributed by atoms with Gasteiger partial charge in [-0.3, -0.25) is 0 Å². The third kappa shape index (κ3) is 2.67. The van der Waals surface area contributed by atoms with Crippen molar-refractivity contribution in [3.05, 3.63) is 22.2 Å². The Kier molecular flexibility index (Phi) is 3.80. The molecule has 0 saturated carbocycles. The third-order valence-corrected chi connectivity index (χ3v) is 4.24. The van der Waals surface area contributed by atoms with Crippen LogP contribution in [0.25, 0.3) is 0 Å². The molecule has 3 rings (SSSR count). The van der Waals surface area contributed by atoms with Gasteiger partial charge in [-0.25, -0.2) is 9.97 Å². The molecule has 1 fully saturated rings. The summed E-state index contributed by atoms with van der Waals surface area (Å²) in [7, 11) is 0. The largest absolute Gasteiger partial charge is 0.381 e. The molecule has 0 radical (unpaired) electrons. The van der Waals surface area contributed by atoms with Crippen LogP contribution >= 0.6 is 11.6 Å². The van der Waals surface area contributed by atoms with Crippen molar-refractivity contribution in [1.82, 2.24) is 9.97 Å². The quantitative estimate of drug-likeness (QED) is 0.610.